The van der Waals surface area contributed by atoms with E-state index in [-0.39, 0.29) is 0 Å². The van der Waals surface area contributed by atoms with Gasteiger partial charge < -0.3 is 5.32 Å². The molecule has 4 heteroatoms. The van der Waals surface area contributed by atoms with Crippen LogP contribution in [-0.4, -0.2) is 16.5 Å². The van der Waals surface area contributed by atoms with Gasteiger partial charge in [-0.3, -0.25) is 0 Å². The summed E-state index contributed by atoms with van der Waals surface area (Å²) in [5, 5.41) is 3.29. The molecule has 1 aromatic heterocycles. The second-order valence-electron chi connectivity index (χ2n) is 3.76. The molecule has 1 N–H and O–H groups in total. The van der Waals surface area contributed by atoms with Crippen LogP contribution in [0.2, 0.25) is 0 Å². The van der Waals surface area contributed by atoms with E-state index in [2.05, 4.69) is 37.9 Å². The smallest absolute Gasteiger partial charge is 0.222 e. The second-order valence-corrected chi connectivity index (χ2v) is 5.00. The molecule has 0 radical (unpaired) electrons. The maximum Gasteiger partial charge on any atom is 0.222 e. The van der Waals surface area contributed by atoms with E-state index in [9.17, 15) is 0 Å². The topological polar surface area (TPSA) is 37.8 Å². The van der Waals surface area contributed by atoms with Crippen molar-refractivity contribution < 1.29 is 0 Å². The minimum absolute atomic E-state index is 0.761. The molecule has 1 aromatic rings. The molecular weight excluding hydrogens is 289 g/mol. The third-order valence-electron chi connectivity index (χ3n) is 2.64. The second kappa shape index (κ2) is 4.91. The lowest BCUT2D eigenvalue weighted by Gasteiger charge is -2.09. The summed E-state index contributed by atoms with van der Waals surface area (Å²) in [5.74, 6) is 1.59. The van der Waals surface area contributed by atoms with E-state index < -0.39 is 0 Å². The van der Waals surface area contributed by atoms with Crippen molar-refractivity contribution in [2.45, 2.75) is 25.7 Å². The number of rotatable bonds is 3. The Morgan fingerprint density at radius 1 is 1.29 bits per heavy atom. The Labute approximate surface area is 97.9 Å². The number of aromatic nitrogens is 2. The molecular formula is C10H14IN3. The van der Waals surface area contributed by atoms with Crippen molar-refractivity contribution in [3.8, 4) is 0 Å². The molecule has 2 rings (SSSR count). The number of nitrogens with zero attached hydrogens (tertiary/aromatic N) is 2. The number of nitrogens with one attached hydrogen (secondary N) is 1. The van der Waals surface area contributed by atoms with Gasteiger partial charge in [-0.15, -0.1) is 0 Å². The highest BCUT2D eigenvalue weighted by molar-refractivity contribution is 14.1. The molecule has 1 aliphatic carbocycles. The van der Waals surface area contributed by atoms with Gasteiger partial charge in [-0.2, -0.15) is 0 Å². The molecule has 0 saturated heterocycles. The van der Waals surface area contributed by atoms with Gasteiger partial charge in [0.1, 0.15) is 0 Å². The average molecular weight is 303 g/mol. The highest BCUT2D eigenvalue weighted by Gasteiger charge is 2.14. The van der Waals surface area contributed by atoms with Gasteiger partial charge in [-0.1, -0.05) is 12.8 Å². The molecule has 14 heavy (non-hydrogen) atoms. The third kappa shape index (κ3) is 2.80. The SMILES string of the molecule is Ic1cnc(NCC2CCCC2)nc1. The van der Waals surface area contributed by atoms with Crippen LogP contribution in [0.25, 0.3) is 0 Å². The fourth-order valence-electron chi connectivity index (χ4n) is 1.85. The van der Waals surface area contributed by atoms with Crippen LogP contribution in [0.3, 0.4) is 0 Å². The number of anilines is 1. The zero-order chi connectivity index (χ0) is 9.80. The standard InChI is InChI=1S/C10H14IN3/c11-9-6-13-10(14-7-9)12-5-8-3-1-2-4-8/h6-8H,1-5H2,(H,12,13,14). The molecule has 0 bridgehead atoms. The molecule has 0 unspecified atom stereocenters. The zero-order valence-electron chi connectivity index (χ0n) is 8.04. The molecule has 1 aliphatic rings. The van der Waals surface area contributed by atoms with Crippen LogP contribution < -0.4 is 5.32 Å². The van der Waals surface area contributed by atoms with Gasteiger partial charge in [0.15, 0.2) is 0 Å². The molecule has 0 spiro atoms. The summed E-state index contributed by atoms with van der Waals surface area (Å²) in [5.41, 5.74) is 0. The Morgan fingerprint density at radius 2 is 1.93 bits per heavy atom. The van der Waals surface area contributed by atoms with Crippen LogP contribution >= 0.6 is 22.6 Å². The molecule has 1 fully saturated rings. The van der Waals surface area contributed by atoms with Gasteiger partial charge in [0.25, 0.3) is 0 Å². The van der Waals surface area contributed by atoms with Crippen molar-refractivity contribution in [2.24, 2.45) is 5.92 Å². The number of halogens is 1. The highest BCUT2D eigenvalue weighted by Crippen LogP contribution is 2.24. The fourth-order valence-corrected chi connectivity index (χ4v) is 2.13. The van der Waals surface area contributed by atoms with Crippen molar-refractivity contribution in [2.75, 3.05) is 11.9 Å². The van der Waals surface area contributed by atoms with Crippen molar-refractivity contribution in [3.05, 3.63) is 16.0 Å². The van der Waals surface area contributed by atoms with Crippen molar-refractivity contribution >= 4 is 28.5 Å². The highest BCUT2D eigenvalue weighted by atomic mass is 127. The van der Waals surface area contributed by atoms with Gasteiger partial charge >= 0.3 is 0 Å². The summed E-state index contributed by atoms with van der Waals surface area (Å²) in [4.78, 5) is 8.42. The lowest BCUT2D eigenvalue weighted by Crippen LogP contribution is -2.12. The van der Waals surface area contributed by atoms with Crippen LogP contribution in [0.15, 0.2) is 12.4 Å². The number of hydrogen-bond donors (Lipinski definition) is 1. The first-order valence-corrected chi connectivity index (χ1v) is 6.14. The van der Waals surface area contributed by atoms with Crippen molar-refractivity contribution in [3.63, 3.8) is 0 Å². The molecule has 3 nitrogen and oxygen atoms in total. The zero-order valence-corrected chi connectivity index (χ0v) is 10.2. The minimum atomic E-state index is 0.761. The van der Waals surface area contributed by atoms with Crippen LogP contribution in [-0.2, 0) is 0 Å². The van der Waals surface area contributed by atoms with Gasteiger partial charge in [-0.05, 0) is 41.4 Å². The molecule has 1 heterocycles. The monoisotopic (exact) mass is 303 g/mol. The largest absolute Gasteiger partial charge is 0.354 e. The van der Waals surface area contributed by atoms with Gasteiger partial charge in [0.05, 0.1) is 0 Å². The minimum Gasteiger partial charge on any atom is -0.354 e. The van der Waals surface area contributed by atoms with Crippen LogP contribution in [0, 0.1) is 9.49 Å². The van der Waals surface area contributed by atoms with E-state index in [1.807, 2.05) is 12.4 Å². The predicted octanol–water partition coefficient (Wildman–Crippen LogP) is 2.68. The summed E-state index contributed by atoms with van der Waals surface area (Å²) in [6.45, 7) is 1.03. The van der Waals surface area contributed by atoms with Crippen LogP contribution in [0.5, 0.6) is 0 Å². The molecule has 0 atom stereocenters. The Kier molecular flexibility index (Phi) is 3.55. The van der Waals surface area contributed by atoms with Gasteiger partial charge in [0, 0.05) is 22.5 Å². The van der Waals surface area contributed by atoms with Crippen molar-refractivity contribution in [1.29, 1.82) is 0 Å². The Hall–Kier alpha value is -0.390. The fraction of sp³-hybridized carbons (Fsp3) is 0.600. The summed E-state index contributed by atoms with van der Waals surface area (Å²) < 4.78 is 1.08. The third-order valence-corrected chi connectivity index (χ3v) is 3.20. The molecule has 0 amide bonds. The van der Waals surface area contributed by atoms with E-state index in [1.54, 1.807) is 0 Å². The first-order valence-electron chi connectivity index (χ1n) is 5.06. The summed E-state index contributed by atoms with van der Waals surface area (Å²) in [6, 6.07) is 0. The molecule has 1 saturated carbocycles. The predicted molar refractivity (Wildman–Crippen MR) is 65.2 cm³/mol. The Bertz CT molecular complexity index is 280. The van der Waals surface area contributed by atoms with Gasteiger partial charge in [0.2, 0.25) is 5.95 Å². The van der Waals surface area contributed by atoms with Gasteiger partial charge in [-0.25, -0.2) is 9.97 Å². The Balaban J connectivity index is 1.82. The van der Waals surface area contributed by atoms with E-state index in [1.165, 1.54) is 25.7 Å². The van der Waals surface area contributed by atoms with E-state index in [0.29, 0.717) is 0 Å². The van der Waals surface area contributed by atoms with Crippen LogP contribution in [0.4, 0.5) is 5.95 Å². The summed E-state index contributed by atoms with van der Waals surface area (Å²) in [7, 11) is 0. The maximum atomic E-state index is 4.21. The van der Waals surface area contributed by atoms with Crippen molar-refractivity contribution in [1.82, 2.24) is 9.97 Å². The Morgan fingerprint density at radius 3 is 2.57 bits per heavy atom. The normalized spacial score (nSPS) is 17.2. The van der Waals surface area contributed by atoms with E-state index in [4.69, 9.17) is 0 Å². The first-order chi connectivity index (χ1) is 6.84. The summed E-state index contributed by atoms with van der Waals surface area (Å²) >= 11 is 2.21. The number of hydrogen-bond acceptors (Lipinski definition) is 3. The molecule has 76 valence electrons. The maximum absolute atomic E-state index is 4.21. The van der Waals surface area contributed by atoms with E-state index in [0.717, 1.165) is 22.0 Å². The molecule has 0 aliphatic heterocycles. The first kappa shape index (κ1) is 10.1. The summed E-state index contributed by atoms with van der Waals surface area (Å²) in [6.07, 6.45) is 9.17. The quantitative estimate of drug-likeness (QED) is 0.873. The molecule has 0 aromatic carbocycles. The lowest BCUT2D eigenvalue weighted by molar-refractivity contribution is 0.577. The lowest BCUT2D eigenvalue weighted by atomic mass is 10.1. The van der Waals surface area contributed by atoms with E-state index >= 15 is 0 Å². The average Bonchev–Trinajstić information content (AvgIpc) is 2.70. The van der Waals surface area contributed by atoms with Crippen LogP contribution in [0.1, 0.15) is 25.7 Å².